The summed E-state index contributed by atoms with van der Waals surface area (Å²) in [7, 11) is 1.74. The number of carbonyl (C=O) groups is 1. The quantitative estimate of drug-likeness (QED) is 0.697. The van der Waals surface area contributed by atoms with Crippen LogP contribution in [-0.2, 0) is 12.8 Å². The fourth-order valence-electron chi connectivity index (χ4n) is 2.98. The topological polar surface area (TPSA) is 58.1 Å². The molecule has 0 saturated carbocycles. The minimum absolute atomic E-state index is 0.143. The lowest BCUT2D eigenvalue weighted by Gasteiger charge is -2.17. The van der Waals surface area contributed by atoms with Crippen LogP contribution in [0.2, 0.25) is 0 Å². The van der Waals surface area contributed by atoms with E-state index in [9.17, 15) is 4.79 Å². The van der Waals surface area contributed by atoms with Gasteiger partial charge in [0.25, 0.3) is 5.91 Å². The predicted octanol–water partition coefficient (Wildman–Crippen LogP) is 4.62. The van der Waals surface area contributed by atoms with Crippen LogP contribution < -0.4 is 10.2 Å². The first-order valence-corrected chi connectivity index (χ1v) is 9.17. The minimum Gasteiger partial charge on any atom is -0.324 e. The Morgan fingerprint density at radius 1 is 0.926 bits per heavy atom. The normalized spacial score (nSPS) is 10.5. The van der Waals surface area contributed by atoms with Crippen molar-refractivity contribution in [2.45, 2.75) is 26.7 Å². The number of anilines is 3. The third-order valence-electron chi connectivity index (χ3n) is 4.58. The standard InChI is InChI=1S/C22H24N4O/c1-4-16-10-9-11-17(5-2)20(16)25-22-23-14-18(15-24-22)21(27)26(3)19-12-7-6-8-13-19/h6-15H,4-5H2,1-3H3,(H,23,24,25). The highest BCUT2D eigenvalue weighted by molar-refractivity contribution is 6.05. The van der Waals surface area contributed by atoms with Crippen molar-refractivity contribution in [2.75, 3.05) is 17.3 Å². The lowest BCUT2D eigenvalue weighted by atomic mass is 10.0. The zero-order valence-corrected chi connectivity index (χ0v) is 15.9. The molecule has 0 saturated heterocycles. The molecule has 0 fully saturated rings. The van der Waals surface area contributed by atoms with E-state index in [1.165, 1.54) is 11.1 Å². The van der Waals surface area contributed by atoms with Crippen LogP contribution in [0.1, 0.15) is 35.3 Å². The summed E-state index contributed by atoms with van der Waals surface area (Å²) in [5, 5.41) is 3.32. The van der Waals surface area contributed by atoms with Gasteiger partial charge >= 0.3 is 0 Å². The Kier molecular flexibility index (Phi) is 5.81. The molecule has 0 unspecified atom stereocenters. The molecule has 5 nitrogen and oxygen atoms in total. The van der Waals surface area contributed by atoms with Gasteiger partial charge in [-0.15, -0.1) is 0 Å². The molecule has 3 aromatic rings. The molecule has 27 heavy (non-hydrogen) atoms. The maximum Gasteiger partial charge on any atom is 0.261 e. The van der Waals surface area contributed by atoms with E-state index in [4.69, 9.17) is 0 Å². The Morgan fingerprint density at radius 2 is 1.52 bits per heavy atom. The average molecular weight is 360 g/mol. The van der Waals surface area contributed by atoms with Crippen molar-refractivity contribution < 1.29 is 4.79 Å². The van der Waals surface area contributed by atoms with Gasteiger partial charge in [0, 0.05) is 30.8 Å². The maximum atomic E-state index is 12.6. The van der Waals surface area contributed by atoms with Crippen molar-refractivity contribution in [1.29, 1.82) is 0 Å². The first-order chi connectivity index (χ1) is 13.1. The molecular weight excluding hydrogens is 336 g/mol. The molecule has 1 heterocycles. The van der Waals surface area contributed by atoms with Gasteiger partial charge in [-0.3, -0.25) is 4.79 Å². The molecule has 0 radical (unpaired) electrons. The van der Waals surface area contributed by atoms with E-state index in [0.717, 1.165) is 24.2 Å². The largest absolute Gasteiger partial charge is 0.324 e. The zero-order chi connectivity index (χ0) is 19.2. The van der Waals surface area contributed by atoms with Crippen molar-refractivity contribution in [3.63, 3.8) is 0 Å². The van der Waals surface area contributed by atoms with E-state index < -0.39 is 0 Å². The van der Waals surface area contributed by atoms with E-state index in [-0.39, 0.29) is 5.91 Å². The van der Waals surface area contributed by atoms with Crippen LogP contribution in [0.3, 0.4) is 0 Å². The summed E-state index contributed by atoms with van der Waals surface area (Å²) >= 11 is 0. The first kappa shape index (κ1) is 18.6. The van der Waals surface area contributed by atoms with Gasteiger partial charge < -0.3 is 10.2 Å². The fourth-order valence-corrected chi connectivity index (χ4v) is 2.98. The summed E-state index contributed by atoms with van der Waals surface area (Å²) in [4.78, 5) is 22.9. The Morgan fingerprint density at radius 3 is 2.07 bits per heavy atom. The molecular formula is C22H24N4O. The van der Waals surface area contributed by atoms with Crippen LogP contribution in [0, 0.1) is 0 Å². The third-order valence-corrected chi connectivity index (χ3v) is 4.58. The molecule has 0 aliphatic rings. The van der Waals surface area contributed by atoms with Crippen molar-refractivity contribution in [3.8, 4) is 0 Å². The van der Waals surface area contributed by atoms with E-state index in [1.54, 1.807) is 24.3 Å². The molecule has 0 bridgehead atoms. The van der Waals surface area contributed by atoms with Gasteiger partial charge in [-0.1, -0.05) is 50.2 Å². The van der Waals surface area contributed by atoms with Crippen LogP contribution in [0.25, 0.3) is 0 Å². The number of benzene rings is 2. The lowest BCUT2D eigenvalue weighted by molar-refractivity contribution is 0.0992. The van der Waals surface area contributed by atoms with Gasteiger partial charge in [0.2, 0.25) is 5.95 Å². The van der Waals surface area contributed by atoms with Crippen molar-refractivity contribution in [2.24, 2.45) is 0 Å². The Bertz CT molecular complexity index is 885. The summed E-state index contributed by atoms with van der Waals surface area (Å²) < 4.78 is 0. The second-order valence-electron chi connectivity index (χ2n) is 6.28. The molecule has 5 heteroatoms. The predicted molar refractivity (Wildman–Crippen MR) is 110 cm³/mol. The number of carbonyl (C=O) groups excluding carboxylic acids is 1. The summed E-state index contributed by atoms with van der Waals surface area (Å²) in [6.45, 7) is 4.25. The van der Waals surface area contributed by atoms with E-state index in [1.807, 2.05) is 30.3 Å². The maximum absolute atomic E-state index is 12.6. The number of hydrogen-bond acceptors (Lipinski definition) is 4. The second kappa shape index (κ2) is 8.45. The summed E-state index contributed by atoms with van der Waals surface area (Å²) in [6.07, 6.45) is 4.98. The number of nitrogens with one attached hydrogen (secondary N) is 1. The van der Waals surface area contributed by atoms with Crippen LogP contribution in [0.5, 0.6) is 0 Å². The number of nitrogens with zero attached hydrogens (tertiary/aromatic N) is 3. The van der Waals surface area contributed by atoms with Crippen LogP contribution in [0.4, 0.5) is 17.3 Å². The van der Waals surface area contributed by atoms with Crippen molar-refractivity contribution in [1.82, 2.24) is 9.97 Å². The SMILES string of the molecule is CCc1cccc(CC)c1Nc1ncc(C(=O)N(C)c2ccccc2)cn1. The number of amides is 1. The number of rotatable bonds is 6. The molecule has 1 N–H and O–H groups in total. The van der Waals surface area contributed by atoms with E-state index >= 15 is 0 Å². The molecule has 138 valence electrons. The molecule has 1 amide bonds. The second-order valence-corrected chi connectivity index (χ2v) is 6.28. The molecule has 0 atom stereocenters. The number of aryl methyl sites for hydroxylation is 2. The number of hydrogen-bond donors (Lipinski definition) is 1. The third kappa shape index (κ3) is 4.14. The Hall–Kier alpha value is -3.21. The number of para-hydroxylation sites is 2. The highest BCUT2D eigenvalue weighted by Crippen LogP contribution is 2.25. The van der Waals surface area contributed by atoms with E-state index in [0.29, 0.717) is 11.5 Å². The minimum atomic E-state index is -0.143. The van der Waals surface area contributed by atoms with Gasteiger partial charge in [0.1, 0.15) is 0 Å². The average Bonchev–Trinajstić information content (AvgIpc) is 2.74. The van der Waals surface area contributed by atoms with Crippen LogP contribution in [-0.4, -0.2) is 22.9 Å². The highest BCUT2D eigenvalue weighted by atomic mass is 16.2. The molecule has 0 aliphatic heterocycles. The summed E-state index contributed by atoms with van der Waals surface area (Å²) in [5.41, 5.74) is 4.78. The Labute approximate surface area is 160 Å². The van der Waals surface area contributed by atoms with Crippen molar-refractivity contribution in [3.05, 3.63) is 77.6 Å². The summed E-state index contributed by atoms with van der Waals surface area (Å²) in [5.74, 6) is 0.348. The van der Waals surface area contributed by atoms with Crippen molar-refractivity contribution >= 4 is 23.2 Å². The number of aromatic nitrogens is 2. The molecule has 3 rings (SSSR count). The fraction of sp³-hybridized carbons (Fsp3) is 0.227. The first-order valence-electron chi connectivity index (χ1n) is 9.17. The lowest BCUT2D eigenvalue weighted by Crippen LogP contribution is -2.26. The van der Waals surface area contributed by atoms with Crippen LogP contribution in [0.15, 0.2) is 60.9 Å². The molecule has 1 aromatic heterocycles. The van der Waals surface area contributed by atoms with Gasteiger partial charge in [0.05, 0.1) is 5.56 Å². The summed E-state index contributed by atoms with van der Waals surface area (Å²) in [6, 6.07) is 15.8. The van der Waals surface area contributed by atoms with E-state index in [2.05, 4.69) is 47.3 Å². The molecule has 2 aromatic carbocycles. The van der Waals surface area contributed by atoms with Gasteiger partial charge in [-0.2, -0.15) is 0 Å². The molecule has 0 aliphatic carbocycles. The Balaban J connectivity index is 1.79. The smallest absolute Gasteiger partial charge is 0.261 e. The zero-order valence-electron chi connectivity index (χ0n) is 15.9. The van der Waals surface area contributed by atoms with Gasteiger partial charge in [-0.05, 0) is 36.1 Å². The van der Waals surface area contributed by atoms with Gasteiger partial charge in [0.15, 0.2) is 0 Å². The highest BCUT2D eigenvalue weighted by Gasteiger charge is 2.15. The molecule has 0 spiro atoms. The monoisotopic (exact) mass is 360 g/mol. The van der Waals surface area contributed by atoms with Gasteiger partial charge in [-0.25, -0.2) is 9.97 Å². The van der Waals surface area contributed by atoms with Crippen LogP contribution >= 0.6 is 0 Å².